The van der Waals surface area contributed by atoms with Gasteiger partial charge in [-0.1, -0.05) is 42.8 Å². The molecule has 1 N–H and O–H groups in total. The zero-order valence-electron chi connectivity index (χ0n) is 12.5. The average Bonchev–Trinajstić information content (AvgIpc) is 2.45. The molecule has 0 aromatic heterocycles. The molecule has 0 heterocycles. The largest absolute Gasteiger partial charge is 0.314 e. The maximum atomic E-state index is 13.4. The molecule has 0 aliphatic heterocycles. The molecule has 2 aromatic carbocycles. The lowest BCUT2D eigenvalue weighted by Crippen LogP contribution is -2.33. The van der Waals surface area contributed by atoms with E-state index in [-0.39, 0.29) is 11.9 Å². The molecule has 0 saturated carbocycles. The van der Waals surface area contributed by atoms with Gasteiger partial charge in [0.2, 0.25) is 0 Å². The van der Waals surface area contributed by atoms with Crippen molar-refractivity contribution in [1.82, 2.24) is 5.32 Å². The molecule has 0 fully saturated rings. The maximum absolute atomic E-state index is 13.4. The quantitative estimate of drug-likeness (QED) is 0.825. The highest BCUT2D eigenvalue weighted by molar-refractivity contribution is 6.31. The summed E-state index contributed by atoms with van der Waals surface area (Å²) >= 11 is 6.24. The zero-order valence-corrected chi connectivity index (χ0v) is 13.3. The van der Waals surface area contributed by atoms with E-state index in [1.807, 2.05) is 37.3 Å². The first-order valence-corrected chi connectivity index (χ1v) is 7.69. The van der Waals surface area contributed by atoms with E-state index < -0.39 is 0 Å². The summed E-state index contributed by atoms with van der Waals surface area (Å²) in [5.74, 6) is -0.177. The molecule has 1 unspecified atom stereocenters. The van der Waals surface area contributed by atoms with Crippen molar-refractivity contribution in [3.63, 3.8) is 0 Å². The fraction of sp³-hybridized carbons (Fsp3) is 0.333. The fourth-order valence-corrected chi connectivity index (χ4v) is 2.77. The third kappa shape index (κ3) is 4.55. The van der Waals surface area contributed by atoms with Gasteiger partial charge < -0.3 is 5.32 Å². The predicted molar refractivity (Wildman–Crippen MR) is 87.5 cm³/mol. The van der Waals surface area contributed by atoms with E-state index >= 15 is 0 Å². The van der Waals surface area contributed by atoms with E-state index in [4.69, 9.17) is 11.6 Å². The third-order valence-corrected chi connectivity index (χ3v) is 4.06. The summed E-state index contributed by atoms with van der Waals surface area (Å²) in [6, 6.07) is 13.1. The first kappa shape index (κ1) is 16.0. The second-order valence-electron chi connectivity index (χ2n) is 5.33. The molecule has 0 amide bonds. The topological polar surface area (TPSA) is 12.0 Å². The molecular weight excluding hydrogens is 285 g/mol. The van der Waals surface area contributed by atoms with Gasteiger partial charge in [0.1, 0.15) is 5.82 Å². The Morgan fingerprint density at radius 3 is 2.52 bits per heavy atom. The minimum Gasteiger partial charge on any atom is -0.314 e. The van der Waals surface area contributed by atoms with Crippen molar-refractivity contribution in [2.24, 2.45) is 0 Å². The van der Waals surface area contributed by atoms with Crippen LogP contribution in [0.2, 0.25) is 5.02 Å². The fourth-order valence-electron chi connectivity index (χ4n) is 2.56. The summed E-state index contributed by atoms with van der Waals surface area (Å²) in [7, 11) is 0. The van der Waals surface area contributed by atoms with Crippen LogP contribution >= 0.6 is 11.6 Å². The number of rotatable bonds is 6. The van der Waals surface area contributed by atoms with Gasteiger partial charge in [0.05, 0.1) is 0 Å². The first-order chi connectivity index (χ1) is 10.1. The van der Waals surface area contributed by atoms with Crippen LogP contribution in [0.3, 0.4) is 0 Å². The number of likely N-dealkylation sites (N-methyl/N-ethyl adjacent to an activating group) is 1. The van der Waals surface area contributed by atoms with Crippen molar-refractivity contribution in [2.45, 2.75) is 32.7 Å². The molecule has 21 heavy (non-hydrogen) atoms. The standard InChI is InChI=1S/C18H21ClFN/c1-3-21-17(11-14-6-4-5-7-18(14)19)12-15-10-16(20)9-8-13(15)2/h4-10,17,21H,3,11-12H2,1-2H3. The van der Waals surface area contributed by atoms with Gasteiger partial charge in [-0.2, -0.15) is 0 Å². The van der Waals surface area contributed by atoms with Gasteiger partial charge in [-0.05, 0) is 61.2 Å². The van der Waals surface area contributed by atoms with Gasteiger partial charge in [0.15, 0.2) is 0 Å². The van der Waals surface area contributed by atoms with Gasteiger partial charge in [-0.15, -0.1) is 0 Å². The van der Waals surface area contributed by atoms with Crippen molar-refractivity contribution in [2.75, 3.05) is 6.54 Å². The molecule has 0 aliphatic rings. The third-order valence-electron chi connectivity index (χ3n) is 3.69. The molecule has 3 heteroatoms. The van der Waals surface area contributed by atoms with Gasteiger partial charge in [-0.3, -0.25) is 0 Å². The van der Waals surface area contributed by atoms with Crippen LogP contribution < -0.4 is 5.32 Å². The molecule has 0 spiro atoms. The monoisotopic (exact) mass is 305 g/mol. The second kappa shape index (κ2) is 7.58. The van der Waals surface area contributed by atoms with E-state index in [0.717, 1.165) is 41.1 Å². The summed E-state index contributed by atoms with van der Waals surface area (Å²) in [4.78, 5) is 0. The highest BCUT2D eigenvalue weighted by Gasteiger charge is 2.13. The Morgan fingerprint density at radius 2 is 1.81 bits per heavy atom. The molecule has 0 radical (unpaired) electrons. The van der Waals surface area contributed by atoms with Gasteiger partial charge in [0, 0.05) is 11.1 Å². The first-order valence-electron chi connectivity index (χ1n) is 7.32. The van der Waals surface area contributed by atoms with Crippen LogP contribution in [0, 0.1) is 12.7 Å². The van der Waals surface area contributed by atoms with E-state index in [9.17, 15) is 4.39 Å². The van der Waals surface area contributed by atoms with E-state index in [0.29, 0.717) is 0 Å². The summed E-state index contributed by atoms with van der Waals surface area (Å²) < 4.78 is 13.4. The van der Waals surface area contributed by atoms with Crippen LogP contribution in [0.15, 0.2) is 42.5 Å². The van der Waals surface area contributed by atoms with Crippen molar-refractivity contribution in [3.05, 3.63) is 70.0 Å². The Balaban J connectivity index is 2.16. The normalized spacial score (nSPS) is 12.4. The van der Waals surface area contributed by atoms with Crippen LogP contribution in [0.5, 0.6) is 0 Å². The predicted octanol–water partition coefficient (Wildman–Crippen LogP) is 4.55. The maximum Gasteiger partial charge on any atom is 0.123 e. The Hall–Kier alpha value is -1.38. The van der Waals surface area contributed by atoms with Crippen LogP contribution in [-0.2, 0) is 12.8 Å². The molecule has 0 bridgehead atoms. The van der Waals surface area contributed by atoms with Crippen molar-refractivity contribution >= 4 is 11.6 Å². The lowest BCUT2D eigenvalue weighted by molar-refractivity contribution is 0.518. The number of aryl methyl sites for hydroxylation is 1. The SMILES string of the molecule is CCNC(Cc1cc(F)ccc1C)Cc1ccccc1Cl. The smallest absolute Gasteiger partial charge is 0.123 e. The van der Waals surface area contributed by atoms with Gasteiger partial charge in [0.25, 0.3) is 0 Å². The van der Waals surface area contributed by atoms with Gasteiger partial charge >= 0.3 is 0 Å². The highest BCUT2D eigenvalue weighted by atomic mass is 35.5. The highest BCUT2D eigenvalue weighted by Crippen LogP contribution is 2.19. The molecule has 0 aliphatic carbocycles. The molecule has 1 nitrogen and oxygen atoms in total. The second-order valence-corrected chi connectivity index (χ2v) is 5.73. The lowest BCUT2D eigenvalue weighted by atomic mass is 9.96. The summed E-state index contributed by atoms with van der Waals surface area (Å²) in [6.45, 7) is 4.98. The molecular formula is C18H21ClFN. The Bertz CT molecular complexity index is 598. The number of halogens is 2. The van der Waals surface area contributed by atoms with Gasteiger partial charge in [-0.25, -0.2) is 4.39 Å². The Morgan fingerprint density at radius 1 is 1.10 bits per heavy atom. The van der Waals surface area contributed by atoms with Crippen LogP contribution in [0.25, 0.3) is 0 Å². The lowest BCUT2D eigenvalue weighted by Gasteiger charge is -2.20. The summed E-state index contributed by atoms with van der Waals surface area (Å²) in [6.07, 6.45) is 1.63. The summed E-state index contributed by atoms with van der Waals surface area (Å²) in [5, 5.41) is 4.26. The number of hydrogen-bond donors (Lipinski definition) is 1. The van der Waals surface area contributed by atoms with Crippen molar-refractivity contribution < 1.29 is 4.39 Å². The molecule has 1 atom stereocenters. The molecule has 112 valence electrons. The minimum absolute atomic E-state index is 0.177. The molecule has 2 rings (SSSR count). The molecule has 2 aromatic rings. The van der Waals surface area contributed by atoms with Crippen LogP contribution in [0.4, 0.5) is 4.39 Å². The number of nitrogens with one attached hydrogen (secondary N) is 1. The van der Waals surface area contributed by atoms with Crippen LogP contribution in [0.1, 0.15) is 23.6 Å². The zero-order chi connectivity index (χ0) is 15.2. The Kier molecular flexibility index (Phi) is 5.77. The minimum atomic E-state index is -0.177. The number of benzene rings is 2. The van der Waals surface area contributed by atoms with Crippen LogP contribution in [-0.4, -0.2) is 12.6 Å². The van der Waals surface area contributed by atoms with E-state index in [2.05, 4.69) is 12.2 Å². The number of hydrogen-bond acceptors (Lipinski definition) is 1. The Labute approximate surface area is 131 Å². The average molecular weight is 306 g/mol. The summed E-state index contributed by atoms with van der Waals surface area (Å²) in [5.41, 5.74) is 3.30. The van der Waals surface area contributed by atoms with Crippen molar-refractivity contribution in [3.8, 4) is 0 Å². The van der Waals surface area contributed by atoms with E-state index in [1.165, 1.54) is 6.07 Å². The van der Waals surface area contributed by atoms with Crippen molar-refractivity contribution in [1.29, 1.82) is 0 Å². The molecule has 0 saturated heterocycles. The van der Waals surface area contributed by atoms with E-state index in [1.54, 1.807) is 6.07 Å².